The van der Waals surface area contributed by atoms with Crippen molar-refractivity contribution in [2.24, 2.45) is 0 Å². The van der Waals surface area contributed by atoms with E-state index in [9.17, 15) is 14.9 Å². The van der Waals surface area contributed by atoms with Gasteiger partial charge in [-0.1, -0.05) is 12.1 Å². The zero-order valence-corrected chi connectivity index (χ0v) is 7.43. The van der Waals surface area contributed by atoms with E-state index in [1.165, 1.54) is 18.2 Å². The highest BCUT2D eigenvalue weighted by Crippen LogP contribution is 2.23. The molecule has 0 aliphatic carbocycles. The van der Waals surface area contributed by atoms with Gasteiger partial charge in [0.1, 0.15) is 5.52 Å². The third-order valence-electron chi connectivity index (χ3n) is 2.03. The number of hydrogen-bond acceptors (Lipinski definition) is 4. The lowest BCUT2D eigenvalue weighted by Gasteiger charge is -1.99. The molecule has 2 rings (SSSR count). The second-order valence-electron chi connectivity index (χ2n) is 2.98. The fourth-order valence-electron chi connectivity index (χ4n) is 1.36. The standard InChI is InChI=1S/C9H6N2O4/c12-7-4-5-2-1-3-6(11(14)15)8(5)10-9(7)13/h1-4,12H,(H,10,13). The third kappa shape index (κ3) is 1.41. The van der Waals surface area contributed by atoms with Crippen LogP contribution in [0, 0.1) is 10.1 Å². The highest BCUT2D eigenvalue weighted by molar-refractivity contribution is 5.87. The highest BCUT2D eigenvalue weighted by atomic mass is 16.6. The van der Waals surface area contributed by atoms with E-state index >= 15 is 0 Å². The van der Waals surface area contributed by atoms with E-state index in [1.807, 2.05) is 0 Å². The smallest absolute Gasteiger partial charge is 0.293 e. The van der Waals surface area contributed by atoms with Crippen LogP contribution >= 0.6 is 0 Å². The molecule has 0 saturated carbocycles. The summed E-state index contributed by atoms with van der Waals surface area (Å²) in [6.45, 7) is 0. The number of aromatic nitrogens is 1. The molecular formula is C9H6N2O4. The molecule has 2 N–H and O–H groups in total. The number of pyridine rings is 1. The molecule has 1 heterocycles. The molecule has 0 fully saturated rings. The fourth-order valence-corrected chi connectivity index (χ4v) is 1.36. The van der Waals surface area contributed by atoms with Gasteiger partial charge in [0.25, 0.3) is 11.2 Å². The molecule has 0 atom stereocenters. The van der Waals surface area contributed by atoms with Crippen molar-refractivity contribution in [3.63, 3.8) is 0 Å². The van der Waals surface area contributed by atoms with Crippen LogP contribution in [0.5, 0.6) is 5.75 Å². The van der Waals surface area contributed by atoms with Crippen LogP contribution in [0.1, 0.15) is 0 Å². The van der Waals surface area contributed by atoms with Gasteiger partial charge in [0.05, 0.1) is 4.92 Å². The minimum atomic E-state index is -0.739. The molecule has 0 aliphatic heterocycles. The molecular weight excluding hydrogens is 200 g/mol. The Balaban J connectivity index is 2.92. The lowest BCUT2D eigenvalue weighted by Crippen LogP contribution is -2.05. The SMILES string of the molecule is O=c1[nH]c2c([N+](=O)[O-])cccc2cc1O. The zero-order valence-electron chi connectivity index (χ0n) is 7.43. The first-order valence-corrected chi connectivity index (χ1v) is 4.09. The normalized spacial score (nSPS) is 10.4. The summed E-state index contributed by atoms with van der Waals surface area (Å²) >= 11 is 0. The van der Waals surface area contributed by atoms with Crippen LogP contribution in [-0.4, -0.2) is 15.0 Å². The van der Waals surface area contributed by atoms with Gasteiger partial charge in [-0.2, -0.15) is 0 Å². The van der Waals surface area contributed by atoms with Crippen molar-refractivity contribution >= 4 is 16.6 Å². The van der Waals surface area contributed by atoms with Gasteiger partial charge in [-0.15, -0.1) is 0 Å². The summed E-state index contributed by atoms with van der Waals surface area (Å²) in [5.74, 6) is -0.456. The second kappa shape index (κ2) is 3.09. The zero-order chi connectivity index (χ0) is 11.0. The molecule has 2 aromatic rings. The number of nitro groups is 1. The number of H-pyrrole nitrogens is 1. The van der Waals surface area contributed by atoms with E-state index in [1.54, 1.807) is 6.07 Å². The maximum absolute atomic E-state index is 11.1. The second-order valence-corrected chi connectivity index (χ2v) is 2.98. The van der Waals surface area contributed by atoms with Crippen molar-refractivity contribution in [3.05, 3.63) is 44.7 Å². The number of nitrogens with one attached hydrogen (secondary N) is 1. The molecule has 0 bridgehead atoms. The quantitative estimate of drug-likeness (QED) is 0.540. The van der Waals surface area contributed by atoms with Gasteiger partial charge in [0.15, 0.2) is 5.75 Å². The number of benzene rings is 1. The number of nitrogens with zero attached hydrogens (tertiary/aromatic N) is 1. The molecule has 1 aromatic heterocycles. The first kappa shape index (κ1) is 9.20. The van der Waals surface area contributed by atoms with Crippen LogP contribution in [0.2, 0.25) is 0 Å². The monoisotopic (exact) mass is 206 g/mol. The van der Waals surface area contributed by atoms with Gasteiger partial charge in [-0.3, -0.25) is 14.9 Å². The van der Waals surface area contributed by atoms with E-state index in [2.05, 4.69) is 4.98 Å². The average Bonchev–Trinajstić information content (AvgIpc) is 2.18. The van der Waals surface area contributed by atoms with Gasteiger partial charge in [0.2, 0.25) is 0 Å². The molecule has 0 radical (unpaired) electrons. The number of rotatable bonds is 1. The molecule has 0 unspecified atom stereocenters. The summed E-state index contributed by atoms with van der Waals surface area (Å²) in [4.78, 5) is 23.4. The van der Waals surface area contributed by atoms with Gasteiger partial charge in [-0.25, -0.2) is 0 Å². The molecule has 0 saturated heterocycles. The maximum atomic E-state index is 11.1. The lowest BCUT2D eigenvalue weighted by molar-refractivity contribution is -0.383. The minimum Gasteiger partial charge on any atom is -0.503 e. The number of hydrogen-bond donors (Lipinski definition) is 2. The molecule has 15 heavy (non-hydrogen) atoms. The van der Waals surface area contributed by atoms with Crippen LogP contribution in [0.25, 0.3) is 10.9 Å². The van der Waals surface area contributed by atoms with Gasteiger partial charge in [0, 0.05) is 11.5 Å². The number of nitro benzene ring substituents is 1. The Morgan fingerprint density at radius 2 is 2.13 bits per heavy atom. The molecule has 0 spiro atoms. The number of fused-ring (bicyclic) bond motifs is 1. The summed E-state index contributed by atoms with van der Waals surface area (Å²) in [5, 5.41) is 20.2. The lowest BCUT2D eigenvalue weighted by atomic mass is 10.2. The van der Waals surface area contributed by atoms with E-state index in [-0.39, 0.29) is 11.2 Å². The van der Waals surface area contributed by atoms with Crippen LogP contribution in [0.3, 0.4) is 0 Å². The van der Waals surface area contributed by atoms with Crippen molar-refractivity contribution in [2.75, 3.05) is 0 Å². The first-order valence-electron chi connectivity index (χ1n) is 4.09. The fraction of sp³-hybridized carbons (Fsp3) is 0. The highest BCUT2D eigenvalue weighted by Gasteiger charge is 2.12. The predicted octanol–water partition coefficient (Wildman–Crippen LogP) is 1.14. The maximum Gasteiger partial charge on any atom is 0.293 e. The van der Waals surface area contributed by atoms with E-state index < -0.39 is 16.2 Å². The van der Waals surface area contributed by atoms with E-state index in [0.29, 0.717) is 5.39 Å². The summed E-state index contributed by atoms with van der Waals surface area (Å²) in [6, 6.07) is 5.53. The largest absolute Gasteiger partial charge is 0.503 e. The third-order valence-corrected chi connectivity index (χ3v) is 2.03. The number of para-hydroxylation sites is 1. The van der Waals surface area contributed by atoms with Crippen LogP contribution in [0.4, 0.5) is 5.69 Å². The number of aromatic amines is 1. The molecule has 76 valence electrons. The van der Waals surface area contributed by atoms with E-state index in [4.69, 9.17) is 5.11 Å². The molecule has 1 aromatic carbocycles. The predicted molar refractivity (Wildman–Crippen MR) is 52.9 cm³/mol. The Labute approximate surface area is 82.9 Å². The topological polar surface area (TPSA) is 96.2 Å². The minimum absolute atomic E-state index is 0.116. The Kier molecular flexibility index (Phi) is 1.89. The van der Waals surface area contributed by atoms with Gasteiger partial charge >= 0.3 is 0 Å². The van der Waals surface area contributed by atoms with Crippen molar-refractivity contribution < 1.29 is 10.0 Å². The average molecular weight is 206 g/mol. The Morgan fingerprint density at radius 1 is 1.40 bits per heavy atom. The van der Waals surface area contributed by atoms with Crippen molar-refractivity contribution in [2.45, 2.75) is 0 Å². The molecule has 6 nitrogen and oxygen atoms in total. The van der Waals surface area contributed by atoms with Crippen LogP contribution in [0.15, 0.2) is 29.1 Å². The van der Waals surface area contributed by atoms with Crippen LogP contribution < -0.4 is 5.56 Å². The van der Waals surface area contributed by atoms with Crippen molar-refractivity contribution in [1.82, 2.24) is 4.98 Å². The Hall–Kier alpha value is -2.37. The first-order chi connectivity index (χ1) is 7.09. The molecule has 0 amide bonds. The molecule has 0 aliphatic rings. The number of aromatic hydroxyl groups is 1. The van der Waals surface area contributed by atoms with Crippen molar-refractivity contribution in [3.8, 4) is 5.75 Å². The van der Waals surface area contributed by atoms with Crippen molar-refractivity contribution in [1.29, 1.82) is 0 Å². The molecule has 6 heteroatoms. The van der Waals surface area contributed by atoms with Gasteiger partial charge in [-0.05, 0) is 6.07 Å². The Bertz CT molecular complexity index is 603. The summed E-state index contributed by atoms with van der Waals surface area (Å²) in [6.07, 6.45) is 0. The number of non-ortho nitro benzene ring substituents is 1. The van der Waals surface area contributed by atoms with Crippen LogP contribution in [-0.2, 0) is 0 Å². The van der Waals surface area contributed by atoms with Gasteiger partial charge < -0.3 is 10.1 Å². The Morgan fingerprint density at radius 3 is 2.80 bits per heavy atom. The van der Waals surface area contributed by atoms with E-state index in [0.717, 1.165) is 0 Å². The summed E-state index contributed by atoms with van der Waals surface area (Å²) < 4.78 is 0. The summed E-state index contributed by atoms with van der Waals surface area (Å²) in [5.41, 5.74) is -0.813. The summed E-state index contributed by atoms with van der Waals surface area (Å²) in [7, 11) is 0.